The smallest absolute Gasteiger partial charge is 0.223 e. The van der Waals surface area contributed by atoms with Crippen LogP contribution in [0.2, 0.25) is 0 Å². The molecule has 94 valence electrons. The minimum absolute atomic E-state index is 0.126. The Hall–Kier alpha value is -0.0500. The largest absolute Gasteiger partial charge is 0.350 e. The first-order valence-electron chi connectivity index (χ1n) is 6.43. The Morgan fingerprint density at radius 2 is 1.69 bits per heavy atom. The second-order valence-corrected chi connectivity index (χ2v) is 6.11. The van der Waals surface area contributed by atoms with Gasteiger partial charge in [-0.2, -0.15) is 0 Å². The van der Waals surface area contributed by atoms with Crippen molar-refractivity contribution < 1.29 is 4.79 Å². The molecule has 1 fully saturated rings. The molecule has 16 heavy (non-hydrogen) atoms. The average Bonchev–Trinajstić information content (AvgIpc) is 2.16. The number of carbonyl (C=O) groups is 1. The maximum atomic E-state index is 12.1. The highest BCUT2D eigenvalue weighted by molar-refractivity contribution is 9.09. The molecule has 0 unspecified atom stereocenters. The monoisotopic (exact) mass is 289 g/mol. The summed E-state index contributed by atoms with van der Waals surface area (Å²) in [4.78, 5) is 12.1. The summed E-state index contributed by atoms with van der Waals surface area (Å²) in [5.74, 6) is 0.505. The van der Waals surface area contributed by atoms with Crippen LogP contribution >= 0.6 is 15.9 Å². The molecule has 1 aliphatic carbocycles. The number of rotatable bonds is 3. The average molecular weight is 290 g/mol. The summed E-state index contributed by atoms with van der Waals surface area (Å²) < 4.78 is 0. The quantitative estimate of drug-likeness (QED) is 0.790. The van der Waals surface area contributed by atoms with Crippen LogP contribution in [0, 0.1) is 5.92 Å². The normalized spacial score (nSPS) is 19.9. The minimum atomic E-state index is -0.126. The zero-order chi connectivity index (χ0) is 12.0. The summed E-state index contributed by atoms with van der Waals surface area (Å²) in [6.45, 7) is 4.12. The number of amides is 1. The van der Waals surface area contributed by atoms with Crippen LogP contribution in [0.4, 0.5) is 0 Å². The van der Waals surface area contributed by atoms with Crippen molar-refractivity contribution in [1.29, 1.82) is 0 Å². The molecule has 0 aromatic rings. The maximum absolute atomic E-state index is 12.1. The van der Waals surface area contributed by atoms with E-state index in [2.05, 4.69) is 35.1 Å². The van der Waals surface area contributed by atoms with Crippen LogP contribution in [-0.2, 0) is 4.79 Å². The van der Waals surface area contributed by atoms with E-state index in [0.29, 0.717) is 0 Å². The van der Waals surface area contributed by atoms with E-state index in [9.17, 15) is 4.79 Å². The lowest BCUT2D eigenvalue weighted by molar-refractivity contribution is -0.127. The number of hydrogen-bond acceptors (Lipinski definition) is 1. The van der Waals surface area contributed by atoms with E-state index in [1.807, 2.05) is 0 Å². The van der Waals surface area contributed by atoms with Gasteiger partial charge in [0.2, 0.25) is 5.91 Å². The Balaban J connectivity index is 2.44. The third kappa shape index (κ3) is 4.86. The van der Waals surface area contributed by atoms with Crippen molar-refractivity contribution in [2.75, 3.05) is 5.33 Å². The minimum Gasteiger partial charge on any atom is -0.350 e. The van der Waals surface area contributed by atoms with E-state index < -0.39 is 0 Å². The van der Waals surface area contributed by atoms with Gasteiger partial charge in [-0.25, -0.2) is 0 Å². The third-order valence-corrected chi connectivity index (χ3v) is 4.67. The molecule has 0 saturated heterocycles. The lowest BCUT2D eigenvalue weighted by Gasteiger charge is -2.27. The van der Waals surface area contributed by atoms with Gasteiger partial charge in [-0.1, -0.05) is 48.0 Å². The summed E-state index contributed by atoms with van der Waals surface area (Å²) >= 11 is 3.44. The first kappa shape index (κ1) is 14.0. The maximum Gasteiger partial charge on any atom is 0.223 e. The number of carbonyl (C=O) groups excluding carboxylic acids is 1. The van der Waals surface area contributed by atoms with Crippen molar-refractivity contribution in [3.8, 4) is 0 Å². The van der Waals surface area contributed by atoms with Crippen LogP contribution in [0.3, 0.4) is 0 Å². The van der Waals surface area contributed by atoms with E-state index in [1.54, 1.807) is 0 Å². The summed E-state index contributed by atoms with van der Waals surface area (Å²) in [5.41, 5.74) is -0.126. The molecule has 0 aromatic carbocycles. The molecule has 0 bridgehead atoms. The zero-order valence-electron chi connectivity index (χ0n) is 10.5. The van der Waals surface area contributed by atoms with E-state index in [4.69, 9.17) is 0 Å². The van der Waals surface area contributed by atoms with E-state index >= 15 is 0 Å². The zero-order valence-corrected chi connectivity index (χ0v) is 12.1. The van der Waals surface area contributed by atoms with Crippen LogP contribution in [0.15, 0.2) is 0 Å². The molecule has 1 saturated carbocycles. The fourth-order valence-electron chi connectivity index (χ4n) is 2.19. The van der Waals surface area contributed by atoms with Crippen LogP contribution in [0.5, 0.6) is 0 Å². The Morgan fingerprint density at radius 1 is 1.19 bits per heavy atom. The highest BCUT2D eigenvalue weighted by Crippen LogP contribution is 2.23. The molecular weight excluding hydrogens is 266 g/mol. The Bertz CT molecular complexity index is 220. The van der Waals surface area contributed by atoms with Gasteiger partial charge in [-0.3, -0.25) is 4.79 Å². The van der Waals surface area contributed by atoms with Crippen LogP contribution in [0.1, 0.15) is 58.8 Å². The fraction of sp³-hybridized carbons (Fsp3) is 0.923. The highest BCUT2D eigenvalue weighted by Gasteiger charge is 2.25. The van der Waals surface area contributed by atoms with Gasteiger partial charge >= 0.3 is 0 Å². The molecule has 2 nitrogen and oxygen atoms in total. The molecule has 1 N–H and O–H groups in total. The molecular formula is C13H24BrNO. The molecule has 1 amide bonds. The van der Waals surface area contributed by atoms with Crippen LogP contribution in [-0.4, -0.2) is 16.8 Å². The van der Waals surface area contributed by atoms with Gasteiger partial charge in [0.15, 0.2) is 0 Å². The first-order chi connectivity index (χ1) is 7.55. The van der Waals surface area contributed by atoms with Crippen molar-refractivity contribution in [2.45, 2.75) is 64.3 Å². The standard InChI is InChI=1S/C13H24BrNO/c1-13(2,10-14)15-12(16)11-8-6-4-3-5-7-9-11/h11H,3-10H2,1-2H3,(H,15,16). The second kappa shape index (κ2) is 6.63. The van der Waals surface area contributed by atoms with Crippen molar-refractivity contribution in [2.24, 2.45) is 5.92 Å². The van der Waals surface area contributed by atoms with Gasteiger partial charge in [-0.05, 0) is 26.7 Å². The topological polar surface area (TPSA) is 29.1 Å². The molecule has 0 spiro atoms. The first-order valence-corrected chi connectivity index (χ1v) is 7.55. The summed E-state index contributed by atoms with van der Waals surface area (Å²) in [5, 5.41) is 3.94. The summed E-state index contributed by atoms with van der Waals surface area (Å²) in [6, 6.07) is 0. The van der Waals surface area contributed by atoms with Crippen LogP contribution < -0.4 is 5.32 Å². The Morgan fingerprint density at radius 3 is 2.19 bits per heavy atom. The van der Waals surface area contributed by atoms with Gasteiger partial charge in [0.1, 0.15) is 0 Å². The van der Waals surface area contributed by atoms with E-state index in [-0.39, 0.29) is 17.4 Å². The molecule has 0 heterocycles. The number of alkyl halides is 1. The molecule has 0 aliphatic heterocycles. The SMILES string of the molecule is CC(C)(CBr)NC(=O)C1CCCCCCC1. The van der Waals surface area contributed by atoms with E-state index in [1.165, 1.54) is 32.1 Å². The molecule has 1 aliphatic rings. The molecule has 0 radical (unpaired) electrons. The molecule has 0 aromatic heterocycles. The Kier molecular flexibility index (Phi) is 5.81. The Labute approximate surface area is 108 Å². The second-order valence-electron chi connectivity index (χ2n) is 5.55. The molecule has 3 heteroatoms. The molecule has 0 atom stereocenters. The number of hydrogen-bond donors (Lipinski definition) is 1. The van der Waals surface area contributed by atoms with Gasteiger partial charge in [0.25, 0.3) is 0 Å². The van der Waals surface area contributed by atoms with Crippen molar-refractivity contribution in [3.05, 3.63) is 0 Å². The van der Waals surface area contributed by atoms with Crippen molar-refractivity contribution in [1.82, 2.24) is 5.32 Å². The predicted octanol–water partition coefficient (Wildman–Crippen LogP) is 3.64. The summed E-state index contributed by atoms with van der Waals surface area (Å²) in [7, 11) is 0. The van der Waals surface area contributed by atoms with Crippen LogP contribution in [0.25, 0.3) is 0 Å². The van der Waals surface area contributed by atoms with Gasteiger partial charge in [0, 0.05) is 16.8 Å². The fourth-order valence-corrected chi connectivity index (χ4v) is 2.33. The van der Waals surface area contributed by atoms with Crippen molar-refractivity contribution in [3.63, 3.8) is 0 Å². The number of halogens is 1. The van der Waals surface area contributed by atoms with Crippen molar-refractivity contribution >= 4 is 21.8 Å². The van der Waals surface area contributed by atoms with Gasteiger partial charge in [-0.15, -0.1) is 0 Å². The number of nitrogens with one attached hydrogen (secondary N) is 1. The van der Waals surface area contributed by atoms with E-state index in [0.717, 1.165) is 18.2 Å². The third-order valence-electron chi connectivity index (χ3n) is 3.27. The lowest BCUT2D eigenvalue weighted by Crippen LogP contribution is -2.47. The predicted molar refractivity (Wildman–Crippen MR) is 71.8 cm³/mol. The lowest BCUT2D eigenvalue weighted by atomic mass is 9.90. The van der Waals surface area contributed by atoms with Gasteiger partial charge < -0.3 is 5.32 Å². The molecule has 1 rings (SSSR count). The van der Waals surface area contributed by atoms with Gasteiger partial charge in [0.05, 0.1) is 0 Å². The highest BCUT2D eigenvalue weighted by atomic mass is 79.9. The summed E-state index contributed by atoms with van der Waals surface area (Å²) in [6.07, 6.45) is 8.52.